The standard InChI is InChI=1S/C17H22N4O3/c1-21-16(23)19-14(20-21)15(22)18-11-17(8-5-9-17)10-12-6-3-4-7-13(12)24-2/h3-4,6-7H,5,8-11H2,1-2H3,(H,18,22)(H,19,20,23). The molecule has 1 aromatic heterocycles. The molecule has 7 nitrogen and oxygen atoms in total. The molecule has 1 fully saturated rings. The molecular formula is C17H22N4O3. The lowest BCUT2D eigenvalue weighted by Gasteiger charge is -2.42. The van der Waals surface area contributed by atoms with Gasteiger partial charge in [0.15, 0.2) is 0 Å². The van der Waals surface area contributed by atoms with Crippen LogP contribution in [0.4, 0.5) is 0 Å². The predicted octanol–water partition coefficient (Wildman–Crippen LogP) is 1.26. The minimum Gasteiger partial charge on any atom is -0.496 e. The van der Waals surface area contributed by atoms with Crippen LogP contribution in [-0.2, 0) is 13.5 Å². The summed E-state index contributed by atoms with van der Waals surface area (Å²) >= 11 is 0. The molecule has 0 saturated heterocycles. The smallest absolute Gasteiger partial charge is 0.343 e. The van der Waals surface area contributed by atoms with Gasteiger partial charge in [-0.1, -0.05) is 24.6 Å². The predicted molar refractivity (Wildman–Crippen MR) is 89.1 cm³/mol. The fourth-order valence-corrected chi connectivity index (χ4v) is 3.20. The summed E-state index contributed by atoms with van der Waals surface area (Å²) in [6, 6.07) is 7.98. The van der Waals surface area contributed by atoms with Crippen molar-refractivity contribution in [2.24, 2.45) is 12.5 Å². The Morgan fingerprint density at radius 1 is 1.42 bits per heavy atom. The molecule has 1 aliphatic carbocycles. The Morgan fingerprint density at radius 3 is 2.75 bits per heavy atom. The van der Waals surface area contributed by atoms with Gasteiger partial charge in [-0.15, -0.1) is 5.10 Å². The normalized spacial score (nSPS) is 15.6. The number of nitrogens with one attached hydrogen (secondary N) is 2. The second-order valence-corrected chi connectivity index (χ2v) is 6.43. The van der Waals surface area contributed by atoms with E-state index in [9.17, 15) is 9.59 Å². The molecule has 0 aliphatic heterocycles. The lowest BCUT2D eigenvalue weighted by atomic mass is 9.65. The molecule has 1 amide bonds. The molecule has 0 bridgehead atoms. The van der Waals surface area contributed by atoms with E-state index in [-0.39, 0.29) is 17.1 Å². The highest BCUT2D eigenvalue weighted by molar-refractivity contribution is 5.90. The molecule has 2 aromatic rings. The van der Waals surface area contributed by atoms with Gasteiger partial charge in [0.1, 0.15) is 5.75 Å². The minimum atomic E-state index is -0.396. The summed E-state index contributed by atoms with van der Waals surface area (Å²) in [4.78, 5) is 26.0. The molecule has 0 unspecified atom stereocenters. The van der Waals surface area contributed by atoms with E-state index in [0.717, 1.165) is 41.7 Å². The lowest BCUT2D eigenvalue weighted by molar-refractivity contribution is 0.0848. The van der Waals surface area contributed by atoms with Gasteiger partial charge in [-0.05, 0) is 36.3 Å². The van der Waals surface area contributed by atoms with E-state index in [1.165, 1.54) is 7.05 Å². The molecular weight excluding hydrogens is 308 g/mol. The minimum absolute atomic E-state index is 0.0410. The summed E-state index contributed by atoms with van der Waals surface area (Å²) in [5.41, 5.74) is 0.798. The van der Waals surface area contributed by atoms with Crippen molar-refractivity contribution >= 4 is 5.91 Å². The highest BCUT2D eigenvalue weighted by atomic mass is 16.5. The number of rotatable bonds is 6. The molecule has 128 valence electrons. The van der Waals surface area contributed by atoms with E-state index in [1.54, 1.807) is 7.11 Å². The molecule has 1 saturated carbocycles. The monoisotopic (exact) mass is 330 g/mol. The Labute approximate surface area is 140 Å². The summed E-state index contributed by atoms with van der Waals surface area (Å²) in [6.45, 7) is 0.558. The Morgan fingerprint density at radius 2 is 2.17 bits per heavy atom. The van der Waals surface area contributed by atoms with Crippen LogP contribution in [0, 0.1) is 5.41 Å². The number of carbonyl (C=O) groups is 1. The van der Waals surface area contributed by atoms with Crippen molar-refractivity contribution in [1.29, 1.82) is 0 Å². The summed E-state index contributed by atoms with van der Waals surface area (Å²) < 4.78 is 6.54. The highest BCUT2D eigenvalue weighted by Crippen LogP contribution is 2.44. The zero-order valence-corrected chi connectivity index (χ0v) is 14.0. The number of aryl methyl sites for hydroxylation is 1. The van der Waals surface area contributed by atoms with Gasteiger partial charge < -0.3 is 10.1 Å². The third kappa shape index (κ3) is 3.20. The second-order valence-electron chi connectivity index (χ2n) is 6.43. The van der Waals surface area contributed by atoms with Gasteiger partial charge in [0.2, 0.25) is 5.82 Å². The molecule has 0 radical (unpaired) electrons. The quantitative estimate of drug-likeness (QED) is 0.834. The fraction of sp³-hybridized carbons (Fsp3) is 0.471. The molecule has 24 heavy (non-hydrogen) atoms. The van der Waals surface area contributed by atoms with Crippen molar-refractivity contribution in [2.45, 2.75) is 25.7 Å². The zero-order valence-electron chi connectivity index (χ0n) is 14.0. The van der Waals surface area contributed by atoms with E-state index >= 15 is 0 Å². The SMILES string of the molecule is COc1ccccc1CC1(CNC(=O)c2nn(C)c(=O)[nH]2)CCC1. The first-order chi connectivity index (χ1) is 11.5. The maximum absolute atomic E-state index is 12.2. The summed E-state index contributed by atoms with van der Waals surface area (Å²) in [7, 11) is 3.18. The average Bonchev–Trinajstić information content (AvgIpc) is 2.89. The van der Waals surface area contributed by atoms with Crippen molar-refractivity contribution < 1.29 is 9.53 Å². The third-order valence-corrected chi connectivity index (χ3v) is 4.78. The van der Waals surface area contributed by atoms with Crippen LogP contribution >= 0.6 is 0 Å². The zero-order chi connectivity index (χ0) is 17.2. The molecule has 7 heteroatoms. The number of amides is 1. The number of aromatic nitrogens is 3. The van der Waals surface area contributed by atoms with E-state index in [2.05, 4.69) is 21.5 Å². The van der Waals surface area contributed by atoms with Gasteiger partial charge in [-0.3, -0.25) is 9.78 Å². The Hall–Kier alpha value is -2.57. The number of aromatic amines is 1. The molecule has 0 atom stereocenters. The van der Waals surface area contributed by atoms with Crippen LogP contribution < -0.4 is 15.7 Å². The molecule has 1 heterocycles. The number of ether oxygens (including phenoxy) is 1. The fourth-order valence-electron chi connectivity index (χ4n) is 3.20. The maximum atomic E-state index is 12.2. The first-order valence-corrected chi connectivity index (χ1v) is 8.06. The van der Waals surface area contributed by atoms with Crippen LogP contribution in [0.15, 0.2) is 29.1 Å². The van der Waals surface area contributed by atoms with Crippen molar-refractivity contribution in [1.82, 2.24) is 20.1 Å². The number of benzene rings is 1. The lowest BCUT2D eigenvalue weighted by Crippen LogP contribution is -2.44. The number of carbonyl (C=O) groups excluding carboxylic acids is 1. The van der Waals surface area contributed by atoms with Gasteiger partial charge in [0.25, 0.3) is 5.91 Å². The van der Waals surface area contributed by atoms with Gasteiger partial charge in [-0.25, -0.2) is 9.48 Å². The van der Waals surface area contributed by atoms with Gasteiger partial charge in [0.05, 0.1) is 7.11 Å². The average molecular weight is 330 g/mol. The van der Waals surface area contributed by atoms with Gasteiger partial charge in [0, 0.05) is 13.6 Å². The Kier molecular flexibility index (Phi) is 4.42. The summed E-state index contributed by atoms with van der Waals surface area (Å²) in [6.07, 6.45) is 4.13. The largest absolute Gasteiger partial charge is 0.496 e. The van der Waals surface area contributed by atoms with Crippen molar-refractivity contribution in [3.63, 3.8) is 0 Å². The molecule has 3 rings (SSSR count). The maximum Gasteiger partial charge on any atom is 0.343 e. The molecule has 1 aliphatic rings. The number of nitrogens with zero attached hydrogens (tertiary/aromatic N) is 2. The summed E-state index contributed by atoms with van der Waals surface area (Å²) in [5, 5.41) is 6.80. The van der Waals surface area contributed by atoms with Crippen LogP contribution in [0.1, 0.15) is 35.4 Å². The molecule has 1 aromatic carbocycles. The van der Waals surface area contributed by atoms with Gasteiger partial charge >= 0.3 is 5.69 Å². The third-order valence-electron chi connectivity index (χ3n) is 4.78. The summed E-state index contributed by atoms with van der Waals surface area (Å²) in [5.74, 6) is 0.581. The first-order valence-electron chi connectivity index (χ1n) is 8.06. The van der Waals surface area contributed by atoms with E-state index in [4.69, 9.17) is 4.74 Å². The van der Waals surface area contributed by atoms with Crippen LogP contribution in [0.25, 0.3) is 0 Å². The van der Waals surface area contributed by atoms with Crippen molar-refractivity contribution in [3.05, 3.63) is 46.1 Å². The van der Waals surface area contributed by atoms with Crippen molar-refractivity contribution in [3.8, 4) is 5.75 Å². The molecule has 0 spiro atoms. The Bertz CT molecular complexity index is 789. The van der Waals surface area contributed by atoms with Gasteiger partial charge in [-0.2, -0.15) is 0 Å². The van der Waals surface area contributed by atoms with Crippen molar-refractivity contribution in [2.75, 3.05) is 13.7 Å². The van der Waals surface area contributed by atoms with Crippen LogP contribution in [0.2, 0.25) is 0 Å². The molecule has 2 N–H and O–H groups in total. The number of methoxy groups -OCH3 is 1. The van der Waals surface area contributed by atoms with Crippen LogP contribution in [-0.4, -0.2) is 34.3 Å². The number of hydrogen-bond acceptors (Lipinski definition) is 4. The van der Waals surface area contributed by atoms with E-state index < -0.39 is 5.69 Å². The number of para-hydroxylation sites is 1. The Balaban J connectivity index is 1.67. The number of H-pyrrole nitrogens is 1. The number of hydrogen-bond donors (Lipinski definition) is 2. The highest BCUT2D eigenvalue weighted by Gasteiger charge is 2.38. The topological polar surface area (TPSA) is 89.0 Å². The van der Waals surface area contributed by atoms with Crippen LogP contribution in [0.3, 0.4) is 0 Å². The first kappa shape index (κ1) is 16.3. The second kappa shape index (κ2) is 6.51. The van der Waals surface area contributed by atoms with E-state index in [1.807, 2.05) is 18.2 Å². The van der Waals surface area contributed by atoms with Crippen LogP contribution in [0.5, 0.6) is 5.75 Å². The van der Waals surface area contributed by atoms with E-state index in [0.29, 0.717) is 6.54 Å².